The van der Waals surface area contributed by atoms with E-state index in [4.69, 9.17) is 0 Å². The molecular weight excluding hydrogens is 403 g/mol. The molecule has 4 rings (SSSR count). The third-order valence-electron chi connectivity index (χ3n) is 4.80. The summed E-state index contributed by atoms with van der Waals surface area (Å²) in [6, 6.07) is 0.980. The van der Waals surface area contributed by atoms with Crippen molar-refractivity contribution < 1.29 is 22.8 Å². The number of carbonyl (C=O) groups excluding carboxylic acids is 2. The van der Waals surface area contributed by atoms with Gasteiger partial charge >= 0.3 is 6.18 Å². The summed E-state index contributed by atoms with van der Waals surface area (Å²) in [4.78, 5) is 29.2. The Hall–Kier alpha value is -3.44. The number of hydrogen-bond acceptors (Lipinski definition) is 5. The largest absolute Gasteiger partial charge is 0.433 e. The van der Waals surface area contributed by atoms with Crippen molar-refractivity contribution in [2.75, 3.05) is 12.4 Å². The highest BCUT2D eigenvalue weighted by Crippen LogP contribution is 2.41. The summed E-state index contributed by atoms with van der Waals surface area (Å²) >= 11 is 0. The van der Waals surface area contributed by atoms with E-state index in [-0.39, 0.29) is 34.2 Å². The molecule has 0 bridgehead atoms. The van der Waals surface area contributed by atoms with E-state index in [0.29, 0.717) is 11.1 Å². The number of aryl methyl sites for hydroxylation is 1. The predicted molar refractivity (Wildman–Crippen MR) is 99.2 cm³/mol. The number of anilines is 1. The highest BCUT2D eigenvalue weighted by atomic mass is 19.4. The van der Waals surface area contributed by atoms with Crippen LogP contribution in [0.1, 0.15) is 57.9 Å². The maximum absolute atomic E-state index is 13.5. The number of hydrogen-bond donors (Lipinski definition) is 2. The molecular formula is C18H18F3N7O2. The van der Waals surface area contributed by atoms with Crippen LogP contribution in [-0.2, 0) is 12.7 Å². The molecule has 3 heterocycles. The number of carbonyl (C=O) groups is 2. The van der Waals surface area contributed by atoms with Gasteiger partial charge in [-0.2, -0.15) is 23.4 Å². The molecule has 0 unspecified atom stereocenters. The van der Waals surface area contributed by atoms with E-state index in [1.807, 2.05) is 0 Å². The van der Waals surface area contributed by atoms with Gasteiger partial charge in [0.1, 0.15) is 11.3 Å². The van der Waals surface area contributed by atoms with E-state index in [1.165, 1.54) is 17.9 Å². The van der Waals surface area contributed by atoms with Gasteiger partial charge < -0.3 is 10.6 Å². The lowest BCUT2D eigenvalue weighted by atomic mass is 10.2. The van der Waals surface area contributed by atoms with Crippen molar-refractivity contribution in [3.05, 3.63) is 41.1 Å². The zero-order chi connectivity index (χ0) is 21.6. The molecule has 1 aliphatic carbocycles. The van der Waals surface area contributed by atoms with E-state index >= 15 is 0 Å². The third kappa shape index (κ3) is 3.48. The van der Waals surface area contributed by atoms with E-state index in [9.17, 15) is 22.8 Å². The summed E-state index contributed by atoms with van der Waals surface area (Å²) in [5.41, 5.74) is -0.891. The Bertz CT molecular complexity index is 1140. The molecule has 0 aromatic carbocycles. The highest BCUT2D eigenvalue weighted by molar-refractivity contribution is 6.10. The van der Waals surface area contributed by atoms with Crippen LogP contribution in [0.5, 0.6) is 0 Å². The molecule has 0 saturated heterocycles. The molecule has 0 atom stereocenters. The van der Waals surface area contributed by atoms with Crippen molar-refractivity contribution in [1.82, 2.24) is 29.7 Å². The zero-order valence-electron chi connectivity index (χ0n) is 16.1. The summed E-state index contributed by atoms with van der Waals surface area (Å²) in [6.45, 7) is 2.26. The summed E-state index contributed by atoms with van der Waals surface area (Å²) in [6.07, 6.45) is -0.644. The minimum atomic E-state index is -4.65. The fraction of sp³-hybridized carbons (Fsp3) is 0.389. The summed E-state index contributed by atoms with van der Waals surface area (Å²) in [5, 5.41) is 12.8. The summed E-state index contributed by atoms with van der Waals surface area (Å²) in [7, 11) is 1.42. The Balaban J connectivity index is 1.75. The number of nitrogens with one attached hydrogen (secondary N) is 2. The average Bonchev–Trinajstić information content (AvgIpc) is 3.34. The Kier molecular flexibility index (Phi) is 4.71. The minimum Gasteiger partial charge on any atom is -0.354 e. The fourth-order valence-electron chi connectivity index (χ4n) is 3.08. The normalized spacial score (nSPS) is 14.2. The van der Waals surface area contributed by atoms with Crippen molar-refractivity contribution in [2.24, 2.45) is 0 Å². The van der Waals surface area contributed by atoms with Gasteiger partial charge in [0.05, 0.1) is 11.9 Å². The van der Waals surface area contributed by atoms with Gasteiger partial charge in [0.15, 0.2) is 11.3 Å². The summed E-state index contributed by atoms with van der Waals surface area (Å²) in [5.74, 6) is -1.30. The number of aromatic nitrogens is 5. The maximum atomic E-state index is 13.5. The summed E-state index contributed by atoms with van der Waals surface area (Å²) < 4.78 is 42.6. The van der Waals surface area contributed by atoms with Crippen molar-refractivity contribution in [1.29, 1.82) is 0 Å². The van der Waals surface area contributed by atoms with Crippen molar-refractivity contribution in [2.45, 2.75) is 38.4 Å². The Morgan fingerprint density at radius 3 is 2.60 bits per heavy atom. The SMILES string of the molecule is CCn1cc(NC(=O)c2cnn3c(C(F)(F)F)cc(C4CC4)nc23)c(C(=O)NC)n1. The van der Waals surface area contributed by atoms with Crippen LogP contribution < -0.4 is 10.6 Å². The van der Waals surface area contributed by atoms with Gasteiger partial charge in [-0.25, -0.2) is 9.50 Å². The molecule has 1 aliphatic rings. The lowest BCUT2D eigenvalue weighted by Crippen LogP contribution is -2.21. The Labute approximate surface area is 168 Å². The molecule has 158 valence electrons. The van der Waals surface area contributed by atoms with Crippen molar-refractivity contribution in [3.8, 4) is 0 Å². The first-order valence-electron chi connectivity index (χ1n) is 9.29. The molecule has 9 nitrogen and oxygen atoms in total. The van der Waals surface area contributed by atoms with Gasteiger partial charge in [-0.15, -0.1) is 0 Å². The van der Waals surface area contributed by atoms with E-state index in [2.05, 4.69) is 25.8 Å². The first-order chi connectivity index (χ1) is 14.2. The van der Waals surface area contributed by atoms with Crippen LogP contribution in [0.2, 0.25) is 0 Å². The maximum Gasteiger partial charge on any atom is 0.433 e. The van der Waals surface area contributed by atoms with Gasteiger partial charge in [0.2, 0.25) is 0 Å². The van der Waals surface area contributed by atoms with Gasteiger partial charge in [0, 0.05) is 31.4 Å². The fourth-order valence-corrected chi connectivity index (χ4v) is 3.08. The van der Waals surface area contributed by atoms with Gasteiger partial charge in [0.25, 0.3) is 11.8 Å². The lowest BCUT2D eigenvalue weighted by Gasteiger charge is -2.11. The molecule has 2 N–H and O–H groups in total. The van der Waals surface area contributed by atoms with Crippen LogP contribution >= 0.6 is 0 Å². The molecule has 1 fully saturated rings. The number of halogens is 3. The van der Waals surface area contributed by atoms with E-state index in [0.717, 1.165) is 25.1 Å². The quantitative estimate of drug-likeness (QED) is 0.658. The minimum absolute atomic E-state index is 0.00761. The molecule has 0 radical (unpaired) electrons. The highest BCUT2D eigenvalue weighted by Gasteiger charge is 2.38. The van der Waals surface area contributed by atoms with Crippen LogP contribution in [0.15, 0.2) is 18.5 Å². The van der Waals surface area contributed by atoms with Crippen LogP contribution in [0.4, 0.5) is 18.9 Å². The third-order valence-corrected chi connectivity index (χ3v) is 4.80. The topological polar surface area (TPSA) is 106 Å². The standard InChI is InChI=1S/C18H18F3N7O2/c1-3-27-8-12(14(26-27)17(30)22-2)25-16(29)10-7-23-28-13(18(19,20)21)6-11(9-4-5-9)24-15(10)28/h6-9H,3-5H2,1-2H3,(H,22,30)(H,25,29). The molecule has 3 aromatic rings. The molecule has 0 aliphatic heterocycles. The number of rotatable bonds is 5. The molecule has 2 amide bonds. The number of nitrogens with zero attached hydrogens (tertiary/aromatic N) is 5. The second kappa shape index (κ2) is 7.11. The zero-order valence-corrected chi connectivity index (χ0v) is 16.1. The van der Waals surface area contributed by atoms with Crippen LogP contribution in [0, 0.1) is 0 Å². The average molecular weight is 421 g/mol. The van der Waals surface area contributed by atoms with E-state index < -0.39 is 23.7 Å². The molecule has 30 heavy (non-hydrogen) atoms. The van der Waals surface area contributed by atoms with E-state index in [1.54, 1.807) is 6.92 Å². The van der Waals surface area contributed by atoms with Crippen molar-refractivity contribution in [3.63, 3.8) is 0 Å². The van der Waals surface area contributed by atoms with Crippen molar-refractivity contribution >= 4 is 23.1 Å². The Morgan fingerprint density at radius 1 is 1.27 bits per heavy atom. The number of fused-ring (bicyclic) bond motifs is 1. The predicted octanol–water partition coefficient (Wildman–Crippen LogP) is 2.45. The van der Waals surface area contributed by atoms with Crippen LogP contribution in [0.3, 0.4) is 0 Å². The molecule has 12 heteroatoms. The van der Waals surface area contributed by atoms with Gasteiger partial charge in [-0.1, -0.05) is 0 Å². The number of alkyl halides is 3. The second-order valence-corrected chi connectivity index (χ2v) is 6.91. The Morgan fingerprint density at radius 2 is 2.00 bits per heavy atom. The molecule has 3 aromatic heterocycles. The van der Waals surface area contributed by atoms with Crippen LogP contribution in [0.25, 0.3) is 5.65 Å². The monoisotopic (exact) mass is 421 g/mol. The van der Waals surface area contributed by atoms with Gasteiger partial charge in [-0.3, -0.25) is 14.3 Å². The molecule has 1 saturated carbocycles. The van der Waals surface area contributed by atoms with Crippen LogP contribution in [-0.4, -0.2) is 43.2 Å². The first-order valence-corrected chi connectivity index (χ1v) is 9.29. The second-order valence-electron chi connectivity index (χ2n) is 6.91. The smallest absolute Gasteiger partial charge is 0.354 e. The lowest BCUT2D eigenvalue weighted by molar-refractivity contribution is -0.142. The number of amides is 2. The van der Waals surface area contributed by atoms with Gasteiger partial charge in [-0.05, 0) is 25.8 Å². The molecule has 0 spiro atoms. The first kappa shape index (κ1) is 19.9.